The van der Waals surface area contributed by atoms with Crippen molar-refractivity contribution in [3.8, 4) is 0 Å². The maximum Gasteiger partial charge on any atom is 0.374 e. The number of rotatable bonds is 5. The first-order valence-electron chi connectivity index (χ1n) is 8.22. The highest BCUT2D eigenvalue weighted by molar-refractivity contribution is 6.04. The van der Waals surface area contributed by atoms with Crippen LogP contribution in [0.3, 0.4) is 0 Å². The molecular formula is C18H17FN2O5. The Hall–Kier alpha value is -3.03. The van der Waals surface area contributed by atoms with Crippen molar-refractivity contribution in [1.29, 1.82) is 0 Å². The van der Waals surface area contributed by atoms with E-state index in [1.54, 1.807) is 13.8 Å². The second-order valence-corrected chi connectivity index (χ2v) is 5.68. The number of carbonyl (C=O) groups is 3. The van der Waals surface area contributed by atoms with Crippen LogP contribution >= 0.6 is 0 Å². The Labute approximate surface area is 148 Å². The number of ether oxygens (including phenoxy) is 2. The van der Waals surface area contributed by atoms with Crippen LogP contribution in [0.15, 0.2) is 24.4 Å². The van der Waals surface area contributed by atoms with Crippen LogP contribution in [0.4, 0.5) is 4.39 Å². The van der Waals surface area contributed by atoms with Gasteiger partial charge in [0.2, 0.25) is 5.82 Å². The molecule has 0 saturated carbocycles. The largest absolute Gasteiger partial charge is 0.461 e. The number of hydrogen-bond donors (Lipinski definition) is 0. The molecule has 1 aliphatic carbocycles. The number of ketones is 1. The molecule has 8 heteroatoms. The highest BCUT2D eigenvalue weighted by Crippen LogP contribution is 2.32. The van der Waals surface area contributed by atoms with E-state index in [1.807, 2.05) is 0 Å². The Morgan fingerprint density at radius 1 is 1.23 bits per heavy atom. The van der Waals surface area contributed by atoms with Crippen LogP contribution in [-0.2, 0) is 15.9 Å². The molecule has 1 aliphatic rings. The second kappa shape index (κ2) is 7.07. The van der Waals surface area contributed by atoms with Gasteiger partial charge < -0.3 is 14.0 Å². The molecule has 1 unspecified atom stereocenters. The zero-order chi connectivity index (χ0) is 18.8. The minimum Gasteiger partial charge on any atom is -0.461 e. The van der Waals surface area contributed by atoms with Gasteiger partial charge in [0.15, 0.2) is 11.5 Å². The lowest BCUT2D eigenvalue weighted by atomic mass is 10.1. The first kappa shape index (κ1) is 17.8. The molecule has 1 aromatic carbocycles. The summed E-state index contributed by atoms with van der Waals surface area (Å²) < 4.78 is 24.6. The smallest absolute Gasteiger partial charge is 0.374 e. The van der Waals surface area contributed by atoms with Crippen LogP contribution in [0.25, 0.3) is 0 Å². The van der Waals surface area contributed by atoms with E-state index in [-0.39, 0.29) is 36.9 Å². The monoisotopic (exact) mass is 360 g/mol. The summed E-state index contributed by atoms with van der Waals surface area (Å²) in [4.78, 5) is 40.9. The van der Waals surface area contributed by atoms with Gasteiger partial charge >= 0.3 is 11.9 Å². The van der Waals surface area contributed by atoms with Crippen LogP contribution < -0.4 is 0 Å². The van der Waals surface area contributed by atoms with Crippen molar-refractivity contribution in [2.45, 2.75) is 26.3 Å². The third-order valence-electron chi connectivity index (χ3n) is 4.06. The lowest BCUT2D eigenvalue weighted by Gasteiger charge is -2.12. The first-order chi connectivity index (χ1) is 12.5. The summed E-state index contributed by atoms with van der Waals surface area (Å²) in [6.07, 6.45) is 1.49. The summed E-state index contributed by atoms with van der Waals surface area (Å²) >= 11 is 0. The molecule has 0 spiro atoms. The van der Waals surface area contributed by atoms with Gasteiger partial charge in [0, 0.05) is 18.2 Å². The fraction of sp³-hybridized carbons (Fsp3) is 0.333. The number of benzene rings is 1. The van der Waals surface area contributed by atoms with E-state index in [0.29, 0.717) is 11.1 Å². The molecular weight excluding hydrogens is 343 g/mol. The summed E-state index contributed by atoms with van der Waals surface area (Å²) in [6, 6.07) is 3.12. The van der Waals surface area contributed by atoms with Crippen molar-refractivity contribution >= 4 is 17.7 Å². The van der Waals surface area contributed by atoms with Crippen LogP contribution in [-0.4, -0.2) is 40.5 Å². The SMILES string of the molecule is CCOC(=O)c1cn(C2Cc3cc(F)ccc3C2=O)c(C(=O)OCC)n1. The summed E-state index contributed by atoms with van der Waals surface area (Å²) in [5, 5.41) is 0. The molecule has 0 fully saturated rings. The third-order valence-corrected chi connectivity index (χ3v) is 4.06. The highest BCUT2D eigenvalue weighted by Gasteiger charge is 2.36. The van der Waals surface area contributed by atoms with Gasteiger partial charge in [0.25, 0.3) is 0 Å². The van der Waals surface area contributed by atoms with E-state index >= 15 is 0 Å². The number of halogens is 1. The molecule has 0 saturated heterocycles. The summed E-state index contributed by atoms with van der Waals surface area (Å²) in [6.45, 7) is 3.54. The molecule has 0 amide bonds. The molecule has 3 rings (SSSR count). The fourth-order valence-corrected chi connectivity index (χ4v) is 2.96. The average Bonchev–Trinajstić information content (AvgIpc) is 3.17. The quantitative estimate of drug-likeness (QED) is 0.761. The summed E-state index contributed by atoms with van der Waals surface area (Å²) in [5.74, 6) is -2.34. The van der Waals surface area contributed by atoms with Crippen molar-refractivity contribution in [3.05, 3.63) is 52.9 Å². The molecule has 26 heavy (non-hydrogen) atoms. The number of nitrogens with zero attached hydrogens (tertiary/aromatic N) is 2. The van der Waals surface area contributed by atoms with Gasteiger partial charge in [-0.25, -0.2) is 19.0 Å². The van der Waals surface area contributed by atoms with E-state index < -0.39 is 23.8 Å². The van der Waals surface area contributed by atoms with Gasteiger partial charge in [-0.05, 0) is 37.6 Å². The van der Waals surface area contributed by atoms with Crippen molar-refractivity contribution in [3.63, 3.8) is 0 Å². The topological polar surface area (TPSA) is 87.5 Å². The molecule has 2 aromatic rings. The standard InChI is InChI=1S/C18H17FN2O5/c1-3-25-17(23)13-9-21(16(20-13)18(24)26-4-2)14-8-10-7-11(19)5-6-12(10)15(14)22/h5-7,9,14H,3-4,8H2,1-2H3. The van der Waals surface area contributed by atoms with Crippen molar-refractivity contribution in [2.24, 2.45) is 0 Å². The van der Waals surface area contributed by atoms with E-state index in [1.165, 1.54) is 29.0 Å². The van der Waals surface area contributed by atoms with E-state index in [4.69, 9.17) is 9.47 Å². The number of carbonyl (C=O) groups excluding carboxylic acids is 3. The lowest BCUT2D eigenvalue weighted by Crippen LogP contribution is -2.21. The van der Waals surface area contributed by atoms with E-state index in [0.717, 1.165) is 0 Å². The van der Waals surface area contributed by atoms with Gasteiger partial charge in [0.1, 0.15) is 11.9 Å². The van der Waals surface area contributed by atoms with Crippen molar-refractivity contribution < 1.29 is 28.2 Å². The minimum atomic E-state index is -0.804. The molecule has 1 atom stereocenters. The maximum absolute atomic E-state index is 13.5. The van der Waals surface area contributed by atoms with Crippen LogP contribution in [0.5, 0.6) is 0 Å². The van der Waals surface area contributed by atoms with Crippen LogP contribution in [0.1, 0.15) is 56.9 Å². The summed E-state index contributed by atoms with van der Waals surface area (Å²) in [5.41, 5.74) is 0.837. The molecule has 136 valence electrons. The molecule has 0 aliphatic heterocycles. The molecule has 1 heterocycles. The maximum atomic E-state index is 13.5. The molecule has 0 radical (unpaired) electrons. The number of imidazole rings is 1. The lowest BCUT2D eigenvalue weighted by molar-refractivity contribution is 0.0504. The Bertz CT molecular complexity index is 890. The fourth-order valence-electron chi connectivity index (χ4n) is 2.96. The Kier molecular flexibility index (Phi) is 4.83. The molecule has 0 bridgehead atoms. The average molecular weight is 360 g/mol. The number of Topliss-reactive ketones (excluding diaryl/α,β-unsaturated/α-hetero) is 1. The predicted octanol–water partition coefficient (Wildman–Crippen LogP) is 2.36. The van der Waals surface area contributed by atoms with Gasteiger partial charge in [-0.2, -0.15) is 0 Å². The van der Waals surface area contributed by atoms with Crippen molar-refractivity contribution in [1.82, 2.24) is 9.55 Å². The number of hydrogen-bond acceptors (Lipinski definition) is 6. The Balaban J connectivity index is 2.02. The minimum absolute atomic E-state index is 0.0927. The zero-order valence-electron chi connectivity index (χ0n) is 14.3. The molecule has 1 aromatic heterocycles. The normalized spacial score (nSPS) is 15.7. The second-order valence-electron chi connectivity index (χ2n) is 5.68. The Morgan fingerprint density at radius 3 is 2.62 bits per heavy atom. The van der Waals surface area contributed by atoms with E-state index in [9.17, 15) is 18.8 Å². The van der Waals surface area contributed by atoms with Crippen molar-refractivity contribution in [2.75, 3.05) is 13.2 Å². The van der Waals surface area contributed by atoms with Gasteiger partial charge in [-0.1, -0.05) is 0 Å². The molecule has 0 N–H and O–H groups in total. The highest BCUT2D eigenvalue weighted by atomic mass is 19.1. The summed E-state index contributed by atoms with van der Waals surface area (Å²) in [7, 11) is 0. The van der Waals surface area contributed by atoms with Crippen LogP contribution in [0, 0.1) is 5.82 Å². The predicted molar refractivity (Wildman–Crippen MR) is 87.6 cm³/mol. The number of aromatic nitrogens is 2. The Morgan fingerprint density at radius 2 is 1.92 bits per heavy atom. The van der Waals surface area contributed by atoms with Gasteiger partial charge in [0.05, 0.1) is 13.2 Å². The number of esters is 2. The first-order valence-corrected chi connectivity index (χ1v) is 8.22. The van der Waals surface area contributed by atoms with Gasteiger partial charge in [-0.15, -0.1) is 0 Å². The van der Waals surface area contributed by atoms with Gasteiger partial charge in [-0.3, -0.25) is 4.79 Å². The van der Waals surface area contributed by atoms with E-state index in [2.05, 4.69) is 4.98 Å². The van der Waals surface area contributed by atoms with Crippen LogP contribution in [0.2, 0.25) is 0 Å². The molecule has 7 nitrogen and oxygen atoms in total. The zero-order valence-corrected chi connectivity index (χ0v) is 14.3. The number of fused-ring (bicyclic) bond motifs is 1. The third kappa shape index (κ3) is 3.10.